The zero-order chi connectivity index (χ0) is 13.0. The summed E-state index contributed by atoms with van der Waals surface area (Å²) in [5, 5.41) is 0. The number of carbonyl (C=O) groups is 1. The number of para-hydroxylation sites is 1. The van der Waals surface area contributed by atoms with E-state index in [-0.39, 0.29) is 11.9 Å². The largest absolute Gasteiger partial charge is 0.426 e. The van der Waals surface area contributed by atoms with Gasteiger partial charge in [-0.1, -0.05) is 18.2 Å². The normalized spacial score (nSPS) is 20.9. The second kappa shape index (κ2) is 6.01. The summed E-state index contributed by atoms with van der Waals surface area (Å²) in [6, 6.07) is 9.81. The van der Waals surface area contributed by atoms with Crippen LogP contribution in [-0.4, -0.2) is 30.0 Å². The minimum atomic E-state index is -0.0912. The SMILES string of the molecule is CC(C)N1CCCC(C(=O)Oc2ccccc2)C1. The van der Waals surface area contributed by atoms with Gasteiger partial charge in [0, 0.05) is 12.6 Å². The Morgan fingerprint density at radius 2 is 2.06 bits per heavy atom. The predicted molar refractivity (Wildman–Crippen MR) is 71.5 cm³/mol. The Morgan fingerprint density at radius 1 is 1.33 bits per heavy atom. The highest BCUT2D eigenvalue weighted by atomic mass is 16.5. The topological polar surface area (TPSA) is 29.5 Å². The van der Waals surface area contributed by atoms with Crippen molar-refractivity contribution in [2.75, 3.05) is 13.1 Å². The summed E-state index contributed by atoms with van der Waals surface area (Å²) in [6.45, 7) is 6.26. The first-order valence-electron chi connectivity index (χ1n) is 6.67. The molecule has 1 heterocycles. The number of hydrogen-bond acceptors (Lipinski definition) is 3. The summed E-state index contributed by atoms with van der Waals surface area (Å²) in [7, 11) is 0. The Hall–Kier alpha value is -1.35. The van der Waals surface area contributed by atoms with Crippen LogP contribution in [0, 0.1) is 5.92 Å². The highest BCUT2D eigenvalue weighted by Crippen LogP contribution is 2.21. The maximum atomic E-state index is 12.1. The van der Waals surface area contributed by atoms with E-state index in [0.29, 0.717) is 11.8 Å². The van der Waals surface area contributed by atoms with Crippen molar-refractivity contribution in [1.82, 2.24) is 4.90 Å². The first kappa shape index (κ1) is 13.1. The van der Waals surface area contributed by atoms with Crippen molar-refractivity contribution >= 4 is 5.97 Å². The van der Waals surface area contributed by atoms with Crippen LogP contribution in [0.15, 0.2) is 30.3 Å². The lowest BCUT2D eigenvalue weighted by atomic mass is 9.97. The molecule has 1 aliphatic heterocycles. The standard InChI is InChI=1S/C15H21NO2/c1-12(2)16-10-6-7-13(11-16)15(17)18-14-8-4-3-5-9-14/h3-5,8-9,12-13H,6-7,10-11H2,1-2H3. The van der Waals surface area contributed by atoms with E-state index in [9.17, 15) is 4.79 Å². The smallest absolute Gasteiger partial charge is 0.315 e. The van der Waals surface area contributed by atoms with Crippen molar-refractivity contribution in [3.63, 3.8) is 0 Å². The lowest BCUT2D eigenvalue weighted by Gasteiger charge is -2.34. The zero-order valence-corrected chi connectivity index (χ0v) is 11.1. The fourth-order valence-electron chi connectivity index (χ4n) is 2.36. The maximum Gasteiger partial charge on any atom is 0.315 e. The fraction of sp³-hybridized carbons (Fsp3) is 0.533. The Morgan fingerprint density at radius 3 is 2.72 bits per heavy atom. The van der Waals surface area contributed by atoms with Gasteiger partial charge in [0.2, 0.25) is 0 Å². The molecule has 0 amide bonds. The third-order valence-electron chi connectivity index (χ3n) is 3.48. The summed E-state index contributed by atoms with van der Waals surface area (Å²) in [4.78, 5) is 14.4. The van der Waals surface area contributed by atoms with Crippen LogP contribution in [0.1, 0.15) is 26.7 Å². The number of carbonyl (C=O) groups excluding carboxylic acids is 1. The summed E-state index contributed by atoms with van der Waals surface area (Å²) in [5.74, 6) is 0.567. The van der Waals surface area contributed by atoms with Crippen LogP contribution in [0.5, 0.6) is 5.75 Å². The molecule has 1 saturated heterocycles. The fourth-order valence-corrected chi connectivity index (χ4v) is 2.36. The molecule has 1 atom stereocenters. The van der Waals surface area contributed by atoms with Crippen molar-refractivity contribution in [2.24, 2.45) is 5.92 Å². The molecule has 0 N–H and O–H groups in total. The van der Waals surface area contributed by atoms with Crippen molar-refractivity contribution in [3.05, 3.63) is 30.3 Å². The minimum absolute atomic E-state index is 0.0151. The molecule has 18 heavy (non-hydrogen) atoms. The van der Waals surface area contributed by atoms with E-state index < -0.39 is 0 Å². The number of piperidine rings is 1. The Balaban J connectivity index is 1.93. The predicted octanol–water partition coefficient (Wildman–Crippen LogP) is 2.71. The van der Waals surface area contributed by atoms with Gasteiger partial charge in [-0.25, -0.2) is 0 Å². The summed E-state index contributed by atoms with van der Waals surface area (Å²) in [5.41, 5.74) is 0. The highest BCUT2D eigenvalue weighted by molar-refractivity contribution is 5.75. The molecule has 98 valence electrons. The van der Waals surface area contributed by atoms with Crippen molar-refractivity contribution < 1.29 is 9.53 Å². The lowest BCUT2D eigenvalue weighted by molar-refractivity contribution is -0.141. The summed E-state index contributed by atoms with van der Waals surface area (Å²) < 4.78 is 5.42. The Kier molecular flexibility index (Phi) is 4.37. The van der Waals surface area contributed by atoms with E-state index in [4.69, 9.17) is 4.74 Å². The minimum Gasteiger partial charge on any atom is -0.426 e. The monoisotopic (exact) mass is 247 g/mol. The molecule has 0 radical (unpaired) electrons. The van der Waals surface area contributed by atoms with E-state index in [2.05, 4.69) is 18.7 Å². The second-order valence-electron chi connectivity index (χ2n) is 5.16. The molecule has 3 nitrogen and oxygen atoms in total. The number of ether oxygens (including phenoxy) is 1. The van der Waals surface area contributed by atoms with Crippen molar-refractivity contribution in [1.29, 1.82) is 0 Å². The molecule has 1 aromatic rings. The van der Waals surface area contributed by atoms with Gasteiger partial charge in [0.05, 0.1) is 5.92 Å². The van der Waals surface area contributed by atoms with E-state index in [1.807, 2.05) is 30.3 Å². The number of rotatable bonds is 3. The number of benzene rings is 1. The first-order chi connectivity index (χ1) is 8.66. The molecule has 0 aromatic heterocycles. The van der Waals surface area contributed by atoms with E-state index in [1.165, 1.54) is 0 Å². The van der Waals surface area contributed by atoms with Gasteiger partial charge in [-0.15, -0.1) is 0 Å². The number of esters is 1. The van der Waals surface area contributed by atoms with Crippen molar-refractivity contribution in [3.8, 4) is 5.75 Å². The van der Waals surface area contributed by atoms with Gasteiger partial charge < -0.3 is 9.64 Å². The van der Waals surface area contributed by atoms with Gasteiger partial charge in [0.15, 0.2) is 0 Å². The van der Waals surface area contributed by atoms with Crippen LogP contribution in [0.4, 0.5) is 0 Å². The molecule has 0 aliphatic carbocycles. The average molecular weight is 247 g/mol. The van der Waals surface area contributed by atoms with Crippen LogP contribution >= 0.6 is 0 Å². The van der Waals surface area contributed by atoms with Gasteiger partial charge in [-0.3, -0.25) is 4.79 Å². The van der Waals surface area contributed by atoms with Gasteiger partial charge in [-0.05, 0) is 45.4 Å². The van der Waals surface area contributed by atoms with Gasteiger partial charge in [0.25, 0.3) is 0 Å². The second-order valence-corrected chi connectivity index (χ2v) is 5.16. The van der Waals surface area contributed by atoms with Gasteiger partial charge in [0.1, 0.15) is 5.75 Å². The van der Waals surface area contributed by atoms with Crippen molar-refractivity contribution in [2.45, 2.75) is 32.7 Å². The number of likely N-dealkylation sites (tertiary alicyclic amines) is 1. The molecule has 1 aliphatic rings. The summed E-state index contributed by atoms with van der Waals surface area (Å²) in [6.07, 6.45) is 2.02. The molecular formula is C15H21NO2. The van der Waals surface area contributed by atoms with Crippen LogP contribution < -0.4 is 4.74 Å². The molecule has 3 heteroatoms. The number of hydrogen-bond donors (Lipinski definition) is 0. The quantitative estimate of drug-likeness (QED) is 0.607. The highest BCUT2D eigenvalue weighted by Gasteiger charge is 2.28. The molecule has 1 fully saturated rings. The zero-order valence-electron chi connectivity index (χ0n) is 11.1. The Bertz CT molecular complexity index is 389. The van der Waals surface area contributed by atoms with Gasteiger partial charge in [-0.2, -0.15) is 0 Å². The summed E-state index contributed by atoms with van der Waals surface area (Å²) >= 11 is 0. The van der Waals surface area contributed by atoms with Gasteiger partial charge >= 0.3 is 5.97 Å². The molecule has 0 spiro atoms. The molecular weight excluding hydrogens is 226 g/mol. The van der Waals surface area contributed by atoms with Crippen LogP contribution in [-0.2, 0) is 4.79 Å². The van der Waals surface area contributed by atoms with Crippen LogP contribution in [0.2, 0.25) is 0 Å². The third-order valence-corrected chi connectivity index (χ3v) is 3.48. The molecule has 1 unspecified atom stereocenters. The molecule has 0 bridgehead atoms. The molecule has 2 rings (SSSR count). The average Bonchev–Trinajstić information content (AvgIpc) is 2.40. The van der Waals surface area contributed by atoms with Crippen LogP contribution in [0.3, 0.4) is 0 Å². The number of nitrogens with zero attached hydrogens (tertiary/aromatic N) is 1. The molecule has 0 saturated carbocycles. The van der Waals surface area contributed by atoms with E-state index in [1.54, 1.807) is 0 Å². The first-order valence-corrected chi connectivity index (χ1v) is 6.67. The van der Waals surface area contributed by atoms with E-state index >= 15 is 0 Å². The third kappa shape index (κ3) is 3.33. The van der Waals surface area contributed by atoms with Crippen LogP contribution in [0.25, 0.3) is 0 Å². The molecule has 1 aromatic carbocycles. The van der Waals surface area contributed by atoms with E-state index in [0.717, 1.165) is 25.9 Å². The lowest BCUT2D eigenvalue weighted by Crippen LogP contribution is -2.43. The Labute approximate surface area is 109 Å². The maximum absolute atomic E-state index is 12.1.